The molecule has 0 saturated carbocycles. The van der Waals surface area contributed by atoms with Gasteiger partial charge in [-0.3, -0.25) is 4.79 Å². The van der Waals surface area contributed by atoms with Crippen LogP contribution >= 0.6 is 0 Å². The summed E-state index contributed by atoms with van der Waals surface area (Å²) in [6.07, 6.45) is 0.989. The topological polar surface area (TPSA) is 123 Å². The number of carbonyl (C=O) groups excluding carboxylic acids is 2. The summed E-state index contributed by atoms with van der Waals surface area (Å²) in [5.74, 6) is -1.31. The van der Waals surface area contributed by atoms with Crippen LogP contribution in [-0.4, -0.2) is 59.2 Å². The molecule has 2 rings (SSSR count). The molecule has 2 atom stereocenters. The summed E-state index contributed by atoms with van der Waals surface area (Å²) < 4.78 is 5.36. The van der Waals surface area contributed by atoms with Gasteiger partial charge in [-0.1, -0.05) is 57.2 Å². The van der Waals surface area contributed by atoms with Crippen molar-refractivity contribution in [2.45, 2.75) is 45.7 Å². The predicted molar refractivity (Wildman–Crippen MR) is 112 cm³/mol. The Morgan fingerprint density at radius 2 is 2.03 bits per heavy atom. The fourth-order valence-electron chi connectivity index (χ4n) is 3.19. The number of carbonyl (C=O) groups is 2. The highest BCUT2D eigenvalue weighted by atomic mass is 16.6. The molecule has 3 N–H and O–H groups in total. The number of rotatable bonds is 6. The lowest BCUT2D eigenvalue weighted by atomic mass is 9.76. The van der Waals surface area contributed by atoms with Crippen LogP contribution in [0.4, 0.5) is 4.79 Å². The number of ether oxygens (including phenoxy) is 1. The van der Waals surface area contributed by atoms with Gasteiger partial charge in [-0.15, -0.1) is 0 Å². The molecule has 1 fully saturated rings. The SMILES string of the molecule is CC(C)(C)/C=C(\C#N)C(=O)N1CC[C@H](OC(=O)NC(Cc2ccccc2)B(O)O)C1. The monoisotopic (exact) mass is 413 g/mol. The third-order valence-electron chi connectivity index (χ3n) is 4.60. The van der Waals surface area contributed by atoms with Crippen LogP contribution in [0.25, 0.3) is 0 Å². The molecule has 1 aliphatic rings. The van der Waals surface area contributed by atoms with Crippen molar-refractivity contribution in [3.8, 4) is 6.07 Å². The van der Waals surface area contributed by atoms with E-state index in [9.17, 15) is 24.9 Å². The largest absolute Gasteiger partial charge is 0.475 e. The third-order valence-corrected chi connectivity index (χ3v) is 4.60. The average molecular weight is 413 g/mol. The zero-order chi connectivity index (χ0) is 22.3. The molecule has 9 heteroatoms. The van der Waals surface area contributed by atoms with Gasteiger partial charge in [0.05, 0.1) is 12.5 Å². The molecule has 2 amide bonds. The van der Waals surface area contributed by atoms with Gasteiger partial charge in [0.1, 0.15) is 17.7 Å². The first-order valence-electron chi connectivity index (χ1n) is 9.88. The van der Waals surface area contributed by atoms with Crippen molar-refractivity contribution in [3.05, 3.63) is 47.5 Å². The Morgan fingerprint density at radius 3 is 2.60 bits per heavy atom. The molecule has 30 heavy (non-hydrogen) atoms. The Balaban J connectivity index is 1.91. The van der Waals surface area contributed by atoms with Crippen molar-refractivity contribution in [2.75, 3.05) is 13.1 Å². The zero-order valence-corrected chi connectivity index (χ0v) is 17.5. The molecule has 0 spiro atoms. The standard InChI is InChI=1S/C21H28BN3O5/c1-21(2,3)12-16(13-23)19(26)25-10-9-17(14-25)30-20(27)24-18(22(28)29)11-15-7-5-4-6-8-15/h4-8,12,17-18,28-29H,9-11,14H2,1-3H3,(H,24,27)/b16-12+/t17-,18?/m0/s1. The Kier molecular flexibility index (Phi) is 8.04. The molecule has 0 bridgehead atoms. The minimum atomic E-state index is -1.75. The van der Waals surface area contributed by atoms with Gasteiger partial charge in [-0.2, -0.15) is 5.26 Å². The molecule has 1 heterocycles. The summed E-state index contributed by atoms with van der Waals surface area (Å²) in [7, 11) is -1.75. The normalized spacial score (nSPS) is 17.8. The van der Waals surface area contributed by atoms with Gasteiger partial charge in [-0.05, 0) is 17.4 Å². The van der Waals surface area contributed by atoms with Gasteiger partial charge in [0.25, 0.3) is 5.91 Å². The smallest absolute Gasteiger partial charge is 0.444 e. The van der Waals surface area contributed by atoms with E-state index in [4.69, 9.17) is 4.74 Å². The summed E-state index contributed by atoms with van der Waals surface area (Å²) in [5, 5.41) is 30.9. The van der Waals surface area contributed by atoms with E-state index in [1.807, 2.05) is 57.2 Å². The molecule has 1 aromatic carbocycles. The van der Waals surface area contributed by atoms with Crippen LogP contribution in [0.5, 0.6) is 0 Å². The van der Waals surface area contributed by atoms with E-state index < -0.39 is 25.3 Å². The van der Waals surface area contributed by atoms with Crippen molar-refractivity contribution < 1.29 is 24.4 Å². The van der Waals surface area contributed by atoms with Crippen LogP contribution in [0.15, 0.2) is 42.0 Å². The highest BCUT2D eigenvalue weighted by Gasteiger charge is 2.32. The number of alkyl carbamates (subject to hydrolysis) is 1. The lowest BCUT2D eigenvalue weighted by Gasteiger charge is -2.20. The van der Waals surface area contributed by atoms with E-state index in [0.29, 0.717) is 13.0 Å². The number of nitrogens with one attached hydrogen (secondary N) is 1. The Labute approximate surface area is 177 Å². The Bertz CT molecular complexity index is 814. The summed E-state index contributed by atoms with van der Waals surface area (Å²) in [6.45, 7) is 6.26. The lowest BCUT2D eigenvalue weighted by molar-refractivity contribution is -0.126. The quantitative estimate of drug-likeness (QED) is 0.368. The van der Waals surface area contributed by atoms with Crippen LogP contribution in [0.3, 0.4) is 0 Å². The number of likely N-dealkylation sites (tertiary alicyclic amines) is 1. The van der Waals surface area contributed by atoms with Crippen molar-refractivity contribution in [3.63, 3.8) is 0 Å². The second-order valence-electron chi connectivity index (χ2n) is 8.46. The van der Waals surface area contributed by atoms with Crippen LogP contribution in [0.2, 0.25) is 0 Å². The fourth-order valence-corrected chi connectivity index (χ4v) is 3.19. The van der Waals surface area contributed by atoms with Gasteiger partial charge in [-0.25, -0.2) is 4.79 Å². The highest BCUT2D eigenvalue weighted by molar-refractivity contribution is 6.43. The van der Waals surface area contributed by atoms with Crippen LogP contribution in [-0.2, 0) is 16.0 Å². The fraction of sp³-hybridized carbons (Fsp3) is 0.476. The molecule has 1 unspecified atom stereocenters. The Morgan fingerprint density at radius 1 is 1.37 bits per heavy atom. The number of hydrogen-bond donors (Lipinski definition) is 3. The number of nitrogens with zero attached hydrogens (tertiary/aromatic N) is 2. The summed E-state index contributed by atoms with van der Waals surface area (Å²) >= 11 is 0. The molecule has 1 aliphatic heterocycles. The number of benzene rings is 1. The molecular weight excluding hydrogens is 385 g/mol. The second-order valence-corrected chi connectivity index (χ2v) is 8.46. The maximum absolute atomic E-state index is 12.6. The number of nitriles is 1. The van der Waals surface area contributed by atoms with Crippen molar-refractivity contribution >= 4 is 19.1 Å². The summed E-state index contributed by atoms with van der Waals surface area (Å²) in [4.78, 5) is 26.3. The molecule has 160 valence electrons. The van der Waals surface area contributed by atoms with E-state index in [1.54, 1.807) is 6.08 Å². The molecule has 0 aliphatic carbocycles. The van der Waals surface area contributed by atoms with Gasteiger partial charge >= 0.3 is 13.2 Å². The first-order valence-corrected chi connectivity index (χ1v) is 9.88. The Hall–Kier alpha value is -2.83. The molecular formula is C21H28BN3O5. The minimum absolute atomic E-state index is 0.0685. The van der Waals surface area contributed by atoms with E-state index >= 15 is 0 Å². The minimum Gasteiger partial charge on any atom is -0.444 e. The van der Waals surface area contributed by atoms with E-state index in [0.717, 1.165) is 5.56 Å². The predicted octanol–water partition coefficient (Wildman–Crippen LogP) is 1.43. The van der Waals surface area contributed by atoms with Crippen molar-refractivity contribution in [1.82, 2.24) is 10.2 Å². The van der Waals surface area contributed by atoms with Crippen LogP contribution < -0.4 is 5.32 Å². The van der Waals surface area contributed by atoms with Gasteiger partial charge in [0.15, 0.2) is 0 Å². The highest BCUT2D eigenvalue weighted by Crippen LogP contribution is 2.21. The third kappa shape index (κ3) is 7.21. The van der Waals surface area contributed by atoms with Gasteiger partial charge in [0.2, 0.25) is 0 Å². The first-order chi connectivity index (χ1) is 14.1. The second kappa shape index (κ2) is 10.3. The maximum atomic E-state index is 12.6. The number of hydrogen-bond acceptors (Lipinski definition) is 6. The number of allylic oxidation sites excluding steroid dienone is 1. The lowest BCUT2D eigenvalue weighted by Crippen LogP contribution is -2.48. The van der Waals surface area contributed by atoms with Gasteiger partial charge < -0.3 is 25.0 Å². The maximum Gasteiger partial charge on any atom is 0.475 e. The van der Waals surface area contributed by atoms with Crippen molar-refractivity contribution in [1.29, 1.82) is 5.26 Å². The van der Waals surface area contributed by atoms with E-state index in [-0.39, 0.29) is 29.9 Å². The summed E-state index contributed by atoms with van der Waals surface area (Å²) in [6, 6.07) is 11.1. The van der Waals surface area contributed by atoms with Crippen molar-refractivity contribution in [2.24, 2.45) is 5.41 Å². The van der Waals surface area contributed by atoms with Crippen LogP contribution in [0, 0.1) is 16.7 Å². The van der Waals surface area contributed by atoms with Gasteiger partial charge in [0, 0.05) is 13.0 Å². The average Bonchev–Trinajstić information content (AvgIpc) is 3.13. The zero-order valence-electron chi connectivity index (χ0n) is 17.5. The van der Waals surface area contributed by atoms with E-state index in [2.05, 4.69) is 5.32 Å². The molecule has 1 aromatic rings. The molecule has 0 aromatic heterocycles. The molecule has 1 saturated heterocycles. The first kappa shape index (κ1) is 23.5. The number of amides is 2. The molecule has 0 radical (unpaired) electrons. The van der Waals surface area contributed by atoms with Crippen LogP contribution in [0.1, 0.15) is 32.8 Å². The van der Waals surface area contributed by atoms with E-state index in [1.165, 1.54) is 4.90 Å². The summed E-state index contributed by atoms with van der Waals surface area (Å²) in [5.41, 5.74) is 0.594. The molecule has 8 nitrogen and oxygen atoms in total.